The van der Waals surface area contributed by atoms with Gasteiger partial charge in [0.05, 0.1) is 32.2 Å². The fraction of sp³-hybridized carbons (Fsp3) is 0.222. The third-order valence-electron chi connectivity index (χ3n) is 3.60. The second-order valence-corrected chi connectivity index (χ2v) is 5.22. The van der Waals surface area contributed by atoms with E-state index in [-0.39, 0.29) is 17.7 Å². The van der Waals surface area contributed by atoms with Crippen LogP contribution in [0.15, 0.2) is 42.5 Å². The number of carbonyl (C=O) groups excluding carboxylic acids is 1. The van der Waals surface area contributed by atoms with Crippen LogP contribution in [-0.2, 0) is 4.79 Å². The monoisotopic (exact) mass is 347 g/mol. The molecule has 0 saturated heterocycles. The first kappa shape index (κ1) is 18.3. The maximum absolute atomic E-state index is 13.1. The van der Waals surface area contributed by atoms with E-state index in [4.69, 9.17) is 14.6 Å². The van der Waals surface area contributed by atoms with E-state index in [1.807, 2.05) is 0 Å². The maximum atomic E-state index is 13.1. The first-order chi connectivity index (χ1) is 12.0. The molecule has 6 nitrogen and oxygen atoms in total. The summed E-state index contributed by atoms with van der Waals surface area (Å²) in [6.45, 7) is 0. The molecule has 132 valence electrons. The predicted octanol–water partition coefficient (Wildman–Crippen LogP) is 2.79. The molecule has 2 aromatic carbocycles. The van der Waals surface area contributed by atoms with E-state index < -0.39 is 23.7 Å². The lowest BCUT2D eigenvalue weighted by molar-refractivity contribution is -0.137. The van der Waals surface area contributed by atoms with Crippen molar-refractivity contribution in [2.24, 2.45) is 0 Å². The van der Waals surface area contributed by atoms with E-state index in [1.54, 1.807) is 18.2 Å². The van der Waals surface area contributed by atoms with Gasteiger partial charge in [-0.15, -0.1) is 0 Å². The summed E-state index contributed by atoms with van der Waals surface area (Å²) in [6.07, 6.45) is -0.344. The number of hydrogen-bond acceptors (Lipinski definition) is 4. The molecule has 2 N–H and O–H groups in total. The Labute approximate surface area is 144 Å². The normalized spacial score (nSPS) is 11.5. The Bertz CT molecular complexity index is 761. The standard InChI is InChI=1S/C18H18FNO5/c1-24-15-5-3-4-13(17(15)25-2)18(23)20-14(10-16(21)22)11-6-8-12(19)9-7-11/h3-9,14H,10H2,1-2H3,(H,20,23)(H,21,22)/t14-/m1/s1. The van der Waals surface area contributed by atoms with E-state index in [0.29, 0.717) is 11.3 Å². The number of nitrogens with one attached hydrogen (secondary N) is 1. The van der Waals surface area contributed by atoms with Gasteiger partial charge in [0.15, 0.2) is 11.5 Å². The van der Waals surface area contributed by atoms with Gasteiger partial charge in [-0.1, -0.05) is 18.2 Å². The van der Waals surface area contributed by atoms with Crippen LogP contribution in [0.25, 0.3) is 0 Å². The van der Waals surface area contributed by atoms with Crippen molar-refractivity contribution in [2.75, 3.05) is 14.2 Å². The van der Waals surface area contributed by atoms with Crippen molar-refractivity contribution in [2.45, 2.75) is 12.5 Å². The Kier molecular flexibility index (Phi) is 5.94. The summed E-state index contributed by atoms with van der Waals surface area (Å²) in [5.41, 5.74) is 0.693. The molecular formula is C18H18FNO5. The number of carboxylic acids is 1. The highest BCUT2D eigenvalue weighted by Crippen LogP contribution is 2.31. The van der Waals surface area contributed by atoms with E-state index in [2.05, 4.69) is 5.32 Å². The van der Waals surface area contributed by atoms with Gasteiger partial charge in [0.1, 0.15) is 5.82 Å². The lowest BCUT2D eigenvalue weighted by Gasteiger charge is -2.19. The van der Waals surface area contributed by atoms with E-state index in [9.17, 15) is 14.0 Å². The van der Waals surface area contributed by atoms with Gasteiger partial charge in [-0.25, -0.2) is 4.39 Å². The van der Waals surface area contributed by atoms with Gasteiger partial charge in [-0.3, -0.25) is 9.59 Å². The van der Waals surface area contributed by atoms with Crippen molar-refractivity contribution in [3.05, 3.63) is 59.4 Å². The van der Waals surface area contributed by atoms with Crippen molar-refractivity contribution in [3.8, 4) is 11.5 Å². The Morgan fingerprint density at radius 3 is 2.36 bits per heavy atom. The Morgan fingerprint density at radius 1 is 1.12 bits per heavy atom. The van der Waals surface area contributed by atoms with Gasteiger partial charge >= 0.3 is 5.97 Å². The number of rotatable bonds is 7. The molecule has 0 aromatic heterocycles. The third kappa shape index (κ3) is 4.47. The summed E-state index contributed by atoms with van der Waals surface area (Å²) in [5.74, 6) is -1.43. The smallest absolute Gasteiger partial charge is 0.305 e. The summed E-state index contributed by atoms with van der Waals surface area (Å²) in [6, 6.07) is 9.29. The largest absolute Gasteiger partial charge is 0.493 e. The number of aliphatic carboxylic acids is 1. The van der Waals surface area contributed by atoms with Crippen LogP contribution < -0.4 is 14.8 Å². The molecular weight excluding hydrogens is 329 g/mol. The fourth-order valence-electron chi connectivity index (χ4n) is 2.42. The minimum atomic E-state index is -1.09. The molecule has 2 rings (SSSR count). The maximum Gasteiger partial charge on any atom is 0.305 e. The minimum absolute atomic E-state index is 0.208. The molecule has 0 heterocycles. The van der Waals surface area contributed by atoms with E-state index in [1.165, 1.54) is 38.5 Å². The quantitative estimate of drug-likeness (QED) is 0.804. The average Bonchev–Trinajstić information content (AvgIpc) is 2.60. The zero-order valence-electron chi connectivity index (χ0n) is 13.8. The van der Waals surface area contributed by atoms with Crippen molar-refractivity contribution in [3.63, 3.8) is 0 Å². The van der Waals surface area contributed by atoms with Crippen molar-refractivity contribution in [1.29, 1.82) is 0 Å². The SMILES string of the molecule is COc1cccc(C(=O)N[C@H](CC(=O)O)c2ccc(F)cc2)c1OC. The van der Waals surface area contributed by atoms with Gasteiger partial charge in [-0.2, -0.15) is 0 Å². The summed E-state index contributed by atoms with van der Waals surface area (Å²) in [7, 11) is 2.86. The molecule has 0 unspecified atom stereocenters. The molecule has 1 amide bonds. The molecule has 1 atom stereocenters. The summed E-state index contributed by atoms with van der Waals surface area (Å²) in [4.78, 5) is 23.7. The zero-order chi connectivity index (χ0) is 18.4. The van der Waals surface area contributed by atoms with E-state index in [0.717, 1.165) is 0 Å². The number of amides is 1. The highest BCUT2D eigenvalue weighted by Gasteiger charge is 2.22. The average molecular weight is 347 g/mol. The van der Waals surface area contributed by atoms with Gasteiger partial charge in [0.25, 0.3) is 5.91 Å². The third-order valence-corrected chi connectivity index (χ3v) is 3.60. The first-order valence-electron chi connectivity index (χ1n) is 7.45. The Balaban J connectivity index is 2.31. The van der Waals surface area contributed by atoms with Crippen molar-refractivity contribution >= 4 is 11.9 Å². The number of carbonyl (C=O) groups is 2. The van der Waals surface area contributed by atoms with Crippen LogP contribution in [0.3, 0.4) is 0 Å². The zero-order valence-corrected chi connectivity index (χ0v) is 13.8. The molecule has 0 saturated carbocycles. The van der Waals surface area contributed by atoms with Crippen LogP contribution >= 0.6 is 0 Å². The second-order valence-electron chi connectivity index (χ2n) is 5.22. The summed E-state index contributed by atoms with van der Waals surface area (Å²) in [5, 5.41) is 11.7. The van der Waals surface area contributed by atoms with Gasteiger partial charge in [0.2, 0.25) is 0 Å². The van der Waals surface area contributed by atoms with Gasteiger partial charge in [0, 0.05) is 0 Å². The summed E-state index contributed by atoms with van der Waals surface area (Å²) >= 11 is 0. The molecule has 0 aliphatic rings. The molecule has 0 aliphatic heterocycles. The number of benzene rings is 2. The molecule has 0 bridgehead atoms. The molecule has 2 aromatic rings. The lowest BCUT2D eigenvalue weighted by Crippen LogP contribution is -2.30. The topological polar surface area (TPSA) is 84.9 Å². The van der Waals surface area contributed by atoms with Crippen LogP contribution in [0.2, 0.25) is 0 Å². The van der Waals surface area contributed by atoms with Gasteiger partial charge in [-0.05, 0) is 29.8 Å². The van der Waals surface area contributed by atoms with E-state index >= 15 is 0 Å². The minimum Gasteiger partial charge on any atom is -0.493 e. The van der Waals surface area contributed by atoms with Crippen LogP contribution in [-0.4, -0.2) is 31.2 Å². The second kappa shape index (κ2) is 8.14. The lowest BCUT2D eigenvalue weighted by atomic mass is 10.0. The predicted molar refractivity (Wildman–Crippen MR) is 88.4 cm³/mol. The molecule has 0 spiro atoms. The molecule has 7 heteroatoms. The number of halogens is 1. The van der Waals surface area contributed by atoms with Crippen LogP contribution in [0, 0.1) is 5.82 Å². The van der Waals surface area contributed by atoms with Crippen molar-refractivity contribution in [1.82, 2.24) is 5.32 Å². The molecule has 25 heavy (non-hydrogen) atoms. The van der Waals surface area contributed by atoms with Crippen LogP contribution in [0.1, 0.15) is 28.4 Å². The number of hydrogen-bond donors (Lipinski definition) is 2. The number of carboxylic acid groups (broad SMARTS) is 1. The summed E-state index contributed by atoms with van der Waals surface area (Å²) < 4.78 is 23.5. The fourth-order valence-corrected chi connectivity index (χ4v) is 2.42. The number of ether oxygens (including phenoxy) is 2. The van der Waals surface area contributed by atoms with Crippen LogP contribution in [0.5, 0.6) is 11.5 Å². The molecule has 0 fully saturated rings. The Morgan fingerprint density at radius 2 is 1.80 bits per heavy atom. The van der Waals surface area contributed by atoms with Gasteiger partial charge < -0.3 is 19.9 Å². The highest BCUT2D eigenvalue weighted by molar-refractivity contribution is 5.98. The van der Waals surface area contributed by atoms with Crippen LogP contribution in [0.4, 0.5) is 4.39 Å². The number of methoxy groups -OCH3 is 2. The van der Waals surface area contributed by atoms with Crippen molar-refractivity contribution < 1.29 is 28.6 Å². The number of para-hydroxylation sites is 1. The Hall–Kier alpha value is -3.09. The molecule has 0 aliphatic carbocycles. The highest BCUT2D eigenvalue weighted by atomic mass is 19.1. The first-order valence-corrected chi connectivity index (χ1v) is 7.45. The molecule has 0 radical (unpaired) electrons.